The van der Waals surface area contributed by atoms with Gasteiger partial charge < -0.3 is 5.11 Å². The third-order valence-corrected chi connectivity index (χ3v) is 3.40. The van der Waals surface area contributed by atoms with E-state index in [1.165, 1.54) is 0 Å². The number of nitrogens with zero attached hydrogens (tertiary/aromatic N) is 4. The molecule has 1 N–H and O–H groups in total. The smallest absolute Gasteiger partial charge is 0.338 e. The second kappa shape index (κ2) is 5.58. The van der Waals surface area contributed by atoms with Crippen LogP contribution in [0.2, 0.25) is 0 Å². The van der Waals surface area contributed by atoms with Crippen molar-refractivity contribution in [2.45, 2.75) is 46.4 Å². The molecule has 1 heterocycles. The zero-order chi connectivity index (χ0) is 14.9. The van der Waals surface area contributed by atoms with E-state index in [0.717, 1.165) is 5.52 Å². The highest BCUT2D eigenvalue weighted by atomic mass is 16.4. The Kier molecular flexibility index (Phi) is 4.04. The summed E-state index contributed by atoms with van der Waals surface area (Å²) in [6.45, 7) is 9.10. The Morgan fingerprint density at radius 3 is 2.50 bits per heavy atom. The molecule has 0 atom stereocenters. The van der Waals surface area contributed by atoms with Gasteiger partial charge >= 0.3 is 5.97 Å². The van der Waals surface area contributed by atoms with Crippen LogP contribution in [0, 0.1) is 0 Å². The van der Waals surface area contributed by atoms with Crippen LogP contribution in [0.5, 0.6) is 0 Å². The van der Waals surface area contributed by atoms with Crippen molar-refractivity contribution >= 4 is 17.0 Å². The summed E-state index contributed by atoms with van der Waals surface area (Å²) in [6.07, 6.45) is 0. The topological polar surface area (TPSA) is 71.2 Å². The largest absolute Gasteiger partial charge is 0.478 e. The fourth-order valence-electron chi connectivity index (χ4n) is 2.35. The second-order valence-electron chi connectivity index (χ2n) is 5.41. The molecule has 2 aromatic rings. The maximum Gasteiger partial charge on any atom is 0.338 e. The Labute approximate surface area is 118 Å². The number of aromatic nitrogens is 3. The predicted octanol–water partition coefficient (Wildman–Crippen LogP) is 2.21. The molecule has 6 nitrogen and oxygen atoms in total. The molecule has 0 unspecified atom stereocenters. The summed E-state index contributed by atoms with van der Waals surface area (Å²) in [5.74, 6) is -0.979. The van der Waals surface area contributed by atoms with Crippen LogP contribution in [0.25, 0.3) is 11.0 Å². The summed E-state index contributed by atoms with van der Waals surface area (Å²) in [6, 6.07) is 5.86. The molecule has 6 heteroatoms. The molecule has 1 aromatic carbocycles. The van der Waals surface area contributed by atoms with Crippen LogP contribution < -0.4 is 0 Å². The number of hydrogen-bond acceptors (Lipinski definition) is 4. The maximum absolute atomic E-state index is 11.2. The normalized spacial score (nSPS) is 11.9. The Bertz CT molecular complexity index is 611. The van der Waals surface area contributed by atoms with Crippen molar-refractivity contribution in [1.29, 1.82) is 0 Å². The van der Waals surface area contributed by atoms with Crippen molar-refractivity contribution in [2.24, 2.45) is 0 Å². The highest BCUT2D eigenvalue weighted by Crippen LogP contribution is 2.17. The summed E-state index contributed by atoms with van der Waals surface area (Å²) < 4.78 is 1.75. The standard InChI is InChI=1S/C14H20N4O2/c1-9(2)17(10(3)4)8-18-12-7-5-6-11(14(19)20)13(12)15-16-18/h5-7,9-10H,8H2,1-4H3,(H,19,20). The minimum atomic E-state index is -0.979. The number of carboxylic acids is 1. The van der Waals surface area contributed by atoms with E-state index in [0.29, 0.717) is 24.3 Å². The minimum absolute atomic E-state index is 0.189. The van der Waals surface area contributed by atoms with Gasteiger partial charge in [0, 0.05) is 12.1 Å². The quantitative estimate of drug-likeness (QED) is 0.906. The summed E-state index contributed by atoms with van der Waals surface area (Å²) >= 11 is 0. The van der Waals surface area contributed by atoms with Crippen LogP contribution in [0.1, 0.15) is 38.1 Å². The third-order valence-electron chi connectivity index (χ3n) is 3.40. The van der Waals surface area contributed by atoms with Gasteiger partial charge in [0.05, 0.1) is 17.7 Å². The van der Waals surface area contributed by atoms with Crippen molar-refractivity contribution in [3.8, 4) is 0 Å². The lowest BCUT2D eigenvalue weighted by molar-refractivity contribution is 0.0699. The summed E-state index contributed by atoms with van der Waals surface area (Å²) in [7, 11) is 0. The summed E-state index contributed by atoms with van der Waals surface area (Å²) in [5, 5.41) is 17.3. The molecule has 0 amide bonds. The molecule has 0 fully saturated rings. The predicted molar refractivity (Wildman–Crippen MR) is 76.6 cm³/mol. The van der Waals surface area contributed by atoms with Crippen LogP contribution in [0.3, 0.4) is 0 Å². The first kappa shape index (κ1) is 14.5. The highest BCUT2D eigenvalue weighted by Gasteiger charge is 2.18. The number of rotatable bonds is 5. The van der Waals surface area contributed by atoms with Crippen LogP contribution in [-0.4, -0.2) is 43.1 Å². The van der Waals surface area contributed by atoms with Crippen molar-refractivity contribution in [3.63, 3.8) is 0 Å². The van der Waals surface area contributed by atoms with Gasteiger partial charge in [-0.1, -0.05) is 11.3 Å². The number of fused-ring (bicyclic) bond motifs is 1. The van der Waals surface area contributed by atoms with Gasteiger partial charge in [-0.25, -0.2) is 9.48 Å². The summed E-state index contributed by atoms with van der Waals surface area (Å²) in [5.41, 5.74) is 1.37. The van der Waals surface area contributed by atoms with Crippen LogP contribution >= 0.6 is 0 Å². The average molecular weight is 276 g/mol. The maximum atomic E-state index is 11.2. The van der Waals surface area contributed by atoms with Gasteiger partial charge in [-0.2, -0.15) is 0 Å². The molecule has 0 aliphatic carbocycles. The van der Waals surface area contributed by atoms with E-state index in [9.17, 15) is 4.79 Å². The fourth-order valence-corrected chi connectivity index (χ4v) is 2.35. The number of carboxylic acid groups (broad SMARTS) is 1. The van der Waals surface area contributed by atoms with E-state index in [1.807, 2.05) is 6.07 Å². The van der Waals surface area contributed by atoms with E-state index < -0.39 is 5.97 Å². The van der Waals surface area contributed by atoms with Crippen LogP contribution in [0.4, 0.5) is 0 Å². The number of benzene rings is 1. The van der Waals surface area contributed by atoms with E-state index >= 15 is 0 Å². The fraction of sp³-hybridized carbons (Fsp3) is 0.500. The first-order chi connectivity index (χ1) is 9.41. The number of aromatic carboxylic acids is 1. The molecule has 108 valence electrons. The molecule has 1 aromatic heterocycles. The lowest BCUT2D eigenvalue weighted by Crippen LogP contribution is -2.38. The zero-order valence-corrected chi connectivity index (χ0v) is 12.2. The first-order valence-electron chi connectivity index (χ1n) is 6.73. The molecular weight excluding hydrogens is 256 g/mol. The number of hydrogen-bond donors (Lipinski definition) is 1. The first-order valence-corrected chi connectivity index (χ1v) is 6.73. The second-order valence-corrected chi connectivity index (χ2v) is 5.41. The molecule has 0 radical (unpaired) electrons. The molecule has 0 bridgehead atoms. The van der Waals surface area contributed by atoms with Gasteiger partial charge in [0.25, 0.3) is 0 Å². The van der Waals surface area contributed by atoms with Gasteiger partial charge in [0.2, 0.25) is 0 Å². The lowest BCUT2D eigenvalue weighted by Gasteiger charge is -2.30. The molecule has 0 spiro atoms. The third kappa shape index (κ3) is 2.65. The average Bonchev–Trinajstić information content (AvgIpc) is 2.77. The van der Waals surface area contributed by atoms with E-state index in [2.05, 4.69) is 42.9 Å². The summed E-state index contributed by atoms with van der Waals surface area (Å²) in [4.78, 5) is 13.4. The SMILES string of the molecule is CC(C)N(Cn1nnc2c(C(=O)O)cccc21)C(C)C. The van der Waals surface area contributed by atoms with Gasteiger partial charge in [-0.15, -0.1) is 5.10 Å². The molecule has 2 rings (SSSR count). The zero-order valence-electron chi connectivity index (χ0n) is 12.2. The van der Waals surface area contributed by atoms with Gasteiger partial charge in [0.1, 0.15) is 5.52 Å². The van der Waals surface area contributed by atoms with Crippen molar-refractivity contribution in [2.75, 3.05) is 0 Å². The molecule has 0 saturated heterocycles. The minimum Gasteiger partial charge on any atom is -0.478 e. The molecule has 0 aliphatic heterocycles. The lowest BCUT2D eigenvalue weighted by atomic mass is 10.2. The van der Waals surface area contributed by atoms with Gasteiger partial charge in [0.15, 0.2) is 0 Å². The Morgan fingerprint density at radius 2 is 1.95 bits per heavy atom. The Morgan fingerprint density at radius 1 is 1.30 bits per heavy atom. The molecule has 0 saturated carbocycles. The highest BCUT2D eigenvalue weighted by molar-refractivity contribution is 6.00. The Balaban J connectivity index is 2.41. The van der Waals surface area contributed by atoms with Crippen molar-refractivity contribution in [3.05, 3.63) is 23.8 Å². The van der Waals surface area contributed by atoms with Gasteiger partial charge in [-0.05, 0) is 39.8 Å². The number of carbonyl (C=O) groups is 1. The van der Waals surface area contributed by atoms with E-state index in [4.69, 9.17) is 5.11 Å². The van der Waals surface area contributed by atoms with E-state index in [-0.39, 0.29) is 5.56 Å². The van der Waals surface area contributed by atoms with E-state index in [1.54, 1.807) is 16.8 Å². The van der Waals surface area contributed by atoms with Gasteiger partial charge in [-0.3, -0.25) is 4.90 Å². The molecule has 0 aliphatic rings. The van der Waals surface area contributed by atoms with Crippen LogP contribution in [0.15, 0.2) is 18.2 Å². The van der Waals surface area contributed by atoms with Crippen molar-refractivity contribution in [1.82, 2.24) is 19.9 Å². The van der Waals surface area contributed by atoms with Crippen LogP contribution in [-0.2, 0) is 6.67 Å². The molecule has 20 heavy (non-hydrogen) atoms. The molecular formula is C14H20N4O2. The van der Waals surface area contributed by atoms with Crippen molar-refractivity contribution < 1.29 is 9.90 Å². The monoisotopic (exact) mass is 276 g/mol. The Hall–Kier alpha value is -1.95.